The van der Waals surface area contributed by atoms with Crippen LogP contribution in [0.25, 0.3) is 0 Å². The highest BCUT2D eigenvalue weighted by molar-refractivity contribution is 6.32. The third kappa shape index (κ3) is 2.51. The summed E-state index contributed by atoms with van der Waals surface area (Å²) in [6.45, 7) is 5.46. The van der Waals surface area contributed by atoms with E-state index in [1.165, 1.54) is 0 Å². The molecule has 0 bridgehead atoms. The maximum Gasteiger partial charge on any atom is 0.138 e. The van der Waals surface area contributed by atoms with Crippen LogP contribution in [-0.2, 0) is 0 Å². The molecule has 0 heterocycles. The minimum atomic E-state index is -0.0968. The first-order valence-electron chi connectivity index (χ1n) is 4.16. The van der Waals surface area contributed by atoms with Gasteiger partial charge >= 0.3 is 0 Å². The van der Waals surface area contributed by atoms with Crippen molar-refractivity contribution in [2.75, 3.05) is 0 Å². The van der Waals surface area contributed by atoms with Gasteiger partial charge in [0, 0.05) is 0 Å². The fraction of sp³-hybridized carbons (Fsp3) is 0.182. The van der Waals surface area contributed by atoms with Gasteiger partial charge in [-0.05, 0) is 25.1 Å². The van der Waals surface area contributed by atoms with Crippen molar-refractivity contribution in [3.63, 3.8) is 0 Å². The zero-order chi connectivity index (χ0) is 10.6. The Morgan fingerprint density at radius 3 is 2.86 bits per heavy atom. The van der Waals surface area contributed by atoms with E-state index in [9.17, 15) is 0 Å². The van der Waals surface area contributed by atoms with E-state index in [2.05, 4.69) is 6.58 Å². The molecule has 0 aliphatic rings. The molecule has 1 unspecified atom stereocenters. The summed E-state index contributed by atoms with van der Waals surface area (Å²) in [5.74, 6) is 0.568. The van der Waals surface area contributed by atoms with Gasteiger partial charge in [0.25, 0.3) is 0 Å². The summed E-state index contributed by atoms with van der Waals surface area (Å²) in [6, 6.07) is 6.92. The Morgan fingerprint density at radius 2 is 2.36 bits per heavy atom. The Labute approximate surface area is 88.4 Å². The zero-order valence-electron chi connectivity index (χ0n) is 7.83. The largest absolute Gasteiger partial charge is 0.485 e. The summed E-state index contributed by atoms with van der Waals surface area (Å²) in [7, 11) is 0. The molecule has 1 atom stereocenters. The number of nitrogens with zero attached hydrogens (tertiary/aromatic N) is 1. The normalized spacial score (nSPS) is 11.5. The number of nitriles is 1. The molecule has 0 fully saturated rings. The number of hydrogen-bond donors (Lipinski definition) is 0. The minimum absolute atomic E-state index is 0.0968. The molecule has 72 valence electrons. The van der Waals surface area contributed by atoms with Gasteiger partial charge < -0.3 is 4.74 Å². The van der Waals surface area contributed by atoms with Crippen molar-refractivity contribution in [2.45, 2.75) is 13.0 Å². The maximum atomic E-state index is 8.62. The highest BCUT2D eigenvalue weighted by Crippen LogP contribution is 2.26. The quantitative estimate of drug-likeness (QED) is 0.714. The molecule has 0 aliphatic carbocycles. The van der Waals surface area contributed by atoms with Crippen molar-refractivity contribution < 1.29 is 4.74 Å². The fourth-order valence-corrected chi connectivity index (χ4v) is 1.14. The Morgan fingerprint density at radius 1 is 1.64 bits per heavy atom. The Balaban J connectivity index is 2.90. The van der Waals surface area contributed by atoms with E-state index >= 15 is 0 Å². The molecule has 0 amide bonds. The molecule has 14 heavy (non-hydrogen) atoms. The molecule has 0 saturated heterocycles. The topological polar surface area (TPSA) is 33.0 Å². The molecular formula is C11H10ClNO. The van der Waals surface area contributed by atoms with Crippen molar-refractivity contribution in [3.05, 3.63) is 41.4 Å². The van der Waals surface area contributed by atoms with Gasteiger partial charge in [-0.25, -0.2) is 0 Å². The van der Waals surface area contributed by atoms with Gasteiger partial charge in [-0.15, -0.1) is 0 Å². The van der Waals surface area contributed by atoms with Crippen LogP contribution in [0.15, 0.2) is 30.9 Å². The lowest BCUT2D eigenvalue weighted by Crippen LogP contribution is -2.07. The lowest BCUT2D eigenvalue weighted by Gasteiger charge is -2.11. The zero-order valence-corrected chi connectivity index (χ0v) is 8.58. The fourth-order valence-electron chi connectivity index (χ4n) is 0.914. The second kappa shape index (κ2) is 4.69. The minimum Gasteiger partial charge on any atom is -0.485 e. The highest BCUT2D eigenvalue weighted by Gasteiger charge is 2.05. The number of halogens is 1. The Kier molecular flexibility index (Phi) is 3.55. The standard InChI is InChI=1S/C11H10ClNO/c1-3-8(2)14-11-5-4-9(7-13)6-10(11)12/h3-6,8H,1H2,2H3. The lowest BCUT2D eigenvalue weighted by molar-refractivity contribution is 0.270. The molecule has 1 rings (SSSR count). The molecule has 2 nitrogen and oxygen atoms in total. The molecule has 1 aromatic rings. The van der Waals surface area contributed by atoms with Gasteiger partial charge in [0.05, 0.1) is 16.7 Å². The molecule has 0 saturated carbocycles. The number of ether oxygens (including phenoxy) is 1. The van der Waals surface area contributed by atoms with Crippen LogP contribution in [0.3, 0.4) is 0 Å². The Hall–Kier alpha value is -1.46. The van der Waals surface area contributed by atoms with Crippen molar-refractivity contribution in [2.24, 2.45) is 0 Å². The van der Waals surface area contributed by atoms with E-state index in [1.807, 2.05) is 13.0 Å². The van der Waals surface area contributed by atoms with Crippen LogP contribution in [0.4, 0.5) is 0 Å². The van der Waals surface area contributed by atoms with Gasteiger partial charge in [0.1, 0.15) is 11.9 Å². The first-order valence-corrected chi connectivity index (χ1v) is 4.54. The van der Waals surface area contributed by atoms with Crippen LogP contribution < -0.4 is 4.74 Å². The van der Waals surface area contributed by atoms with Crippen LogP contribution in [0.5, 0.6) is 5.75 Å². The van der Waals surface area contributed by atoms with Gasteiger partial charge in [-0.2, -0.15) is 5.26 Å². The van der Waals surface area contributed by atoms with E-state index < -0.39 is 0 Å². The maximum absolute atomic E-state index is 8.62. The van der Waals surface area contributed by atoms with E-state index in [0.29, 0.717) is 16.3 Å². The predicted molar refractivity (Wildman–Crippen MR) is 56.5 cm³/mol. The first-order chi connectivity index (χ1) is 6.67. The van der Waals surface area contributed by atoms with Crippen LogP contribution >= 0.6 is 11.6 Å². The summed E-state index contributed by atoms with van der Waals surface area (Å²) in [4.78, 5) is 0. The predicted octanol–water partition coefficient (Wildman–Crippen LogP) is 3.16. The van der Waals surface area contributed by atoms with E-state index in [-0.39, 0.29) is 6.10 Å². The average molecular weight is 208 g/mol. The first kappa shape index (κ1) is 10.6. The number of rotatable bonds is 3. The monoisotopic (exact) mass is 207 g/mol. The molecule has 0 radical (unpaired) electrons. The second-order valence-electron chi connectivity index (χ2n) is 2.82. The SMILES string of the molecule is C=CC(C)Oc1ccc(C#N)cc1Cl. The Bertz CT molecular complexity index is 381. The molecule has 0 aliphatic heterocycles. The summed E-state index contributed by atoms with van der Waals surface area (Å²) in [5, 5.41) is 9.06. The number of hydrogen-bond acceptors (Lipinski definition) is 2. The smallest absolute Gasteiger partial charge is 0.138 e. The molecule has 0 spiro atoms. The van der Waals surface area contributed by atoms with E-state index in [4.69, 9.17) is 21.6 Å². The van der Waals surface area contributed by atoms with Crippen LogP contribution in [0.2, 0.25) is 5.02 Å². The highest BCUT2D eigenvalue weighted by atomic mass is 35.5. The summed E-state index contributed by atoms with van der Waals surface area (Å²) >= 11 is 5.90. The van der Waals surface area contributed by atoms with Crippen LogP contribution in [0.1, 0.15) is 12.5 Å². The van der Waals surface area contributed by atoms with Gasteiger partial charge in [0.15, 0.2) is 0 Å². The van der Waals surface area contributed by atoms with Crippen molar-refractivity contribution >= 4 is 11.6 Å². The molecule has 3 heteroatoms. The van der Waals surface area contributed by atoms with Crippen molar-refractivity contribution in [3.8, 4) is 11.8 Å². The summed E-state index contributed by atoms with van der Waals surface area (Å²) < 4.78 is 5.43. The average Bonchev–Trinajstić information content (AvgIpc) is 2.20. The van der Waals surface area contributed by atoms with Crippen LogP contribution in [-0.4, -0.2) is 6.10 Å². The van der Waals surface area contributed by atoms with Gasteiger partial charge in [0.2, 0.25) is 0 Å². The van der Waals surface area contributed by atoms with E-state index in [1.54, 1.807) is 24.3 Å². The lowest BCUT2D eigenvalue weighted by atomic mass is 10.2. The van der Waals surface area contributed by atoms with Crippen molar-refractivity contribution in [1.82, 2.24) is 0 Å². The second-order valence-corrected chi connectivity index (χ2v) is 3.22. The van der Waals surface area contributed by atoms with Crippen LogP contribution in [0, 0.1) is 11.3 Å². The number of benzene rings is 1. The molecular weight excluding hydrogens is 198 g/mol. The summed E-state index contributed by atoms with van der Waals surface area (Å²) in [5.41, 5.74) is 0.522. The third-order valence-electron chi connectivity index (χ3n) is 1.71. The van der Waals surface area contributed by atoms with Gasteiger partial charge in [-0.1, -0.05) is 24.3 Å². The van der Waals surface area contributed by atoms with E-state index in [0.717, 1.165) is 0 Å². The molecule has 0 N–H and O–H groups in total. The van der Waals surface area contributed by atoms with Crippen molar-refractivity contribution in [1.29, 1.82) is 5.26 Å². The third-order valence-corrected chi connectivity index (χ3v) is 2.00. The molecule has 0 aromatic heterocycles. The molecule has 1 aromatic carbocycles. The van der Waals surface area contributed by atoms with Gasteiger partial charge in [-0.3, -0.25) is 0 Å². The summed E-state index contributed by atoms with van der Waals surface area (Å²) in [6.07, 6.45) is 1.58.